The van der Waals surface area contributed by atoms with Crippen LogP contribution in [-0.4, -0.2) is 9.97 Å². The normalized spacial score (nSPS) is 11.3. The minimum atomic E-state index is 0.640. The number of aromatic nitrogens is 2. The number of nitrogens with zero attached hydrogens (tertiary/aromatic N) is 2. The molecule has 8 rings (SSSR count). The van der Waals surface area contributed by atoms with Gasteiger partial charge in [0, 0.05) is 21.9 Å². The van der Waals surface area contributed by atoms with Crippen LogP contribution in [0.5, 0.6) is 0 Å². The first-order valence-corrected chi connectivity index (χ1v) is 14.4. The van der Waals surface area contributed by atoms with E-state index in [1.54, 1.807) is 0 Å². The van der Waals surface area contributed by atoms with Gasteiger partial charge in [0.15, 0.2) is 5.82 Å². The Bertz CT molecular complexity index is 2140. The number of hydrogen-bond donors (Lipinski definition) is 0. The predicted octanol–water partition coefficient (Wildman–Crippen LogP) is 10.7. The number of benzene rings is 6. The maximum Gasteiger partial charge on any atom is 0.164 e. The molecule has 2 aromatic heterocycles. The largest absolute Gasteiger partial charge is 0.455 e. The van der Waals surface area contributed by atoms with Gasteiger partial charge in [-0.05, 0) is 46.5 Å². The third kappa shape index (κ3) is 4.67. The molecule has 0 aliphatic carbocycles. The van der Waals surface area contributed by atoms with Gasteiger partial charge in [0.05, 0.1) is 17.0 Å². The second-order valence-corrected chi connectivity index (χ2v) is 10.6. The lowest BCUT2D eigenvalue weighted by Crippen LogP contribution is -1.96. The summed E-state index contributed by atoms with van der Waals surface area (Å²) in [6.07, 6.45) is 0. The molecular weight excluding hydrogens is 524 g/mol. The number of hydrogen-bond acceptors (Lipinski definition) is 3. The lowest BCUT2D eigenvalue weighted by Gasteiger charge is -2.09. The van der Waals surface area contributed by atoms with E-state index >= 15 is 0 Å². The van der Waals surface area contributed by atoms with Crippen LogP contribution in [0, 0.1) is 0 Å². The molecule has 0 saturated carbocycles. The molecule has 2 heterocycles. The molecule has 0 fully saturated rings. The summed E-state index contributed by atoms with van der Waals surface area (Å²) in [5, 5.41) is 2.12. The molecule has 0 atom stereocenters. The first-order valence-electron chi connectivity index (χ1n) is 14.4. The van der Waals surface area contributed by atoms with Crippen LogP contribution in [0.3, 0.4) is 0 Å². The average Bonchev–Trinajstić information content (AvgIpc) is 3.47. The van der Waals surface area contributed by atoms with Gasteiger partial charge < -0.3 is 4.42 Å². The van der Waals surface area contributed by atoms with E-state index in [0.29, 0.717) is 5.82 Å². The topological polar surface area (TPSA) is 38.9 Å². The fraction of sp³-hybridized carbons (Fsp3) is 0. The summed E-state index contributed by atoms with van der Waals surface area (Å²) >= 11 is 0. The van der Waals surface area contributed by atoms with Crippen LogP contribution < -0.4 is 0 Å². The zero-order valence-electron chi connectivity index (χ0n) is 23.3. The molecular formula is C40H26N2O. The van der Waals surface area contributed by atoms with Crippen LogP contribution in [0.1, 0.15) is 0 Å². The Hall–Kier alpha value is -5.80. The molecule has 0 amide bonds. The monoisotopic (exact) mass is 550 g/mol. The van der Waals surface area contributed by atoms with Crippen molar-refractivity contribution in [2.24, 2.45) is 0 Å². The summed E-state index contributed by atoms with van der Waals surface area (Å²) < 4.78 is 6.52. The Balaban J connectivity index is 1.25. The number of fused-ring (bicyclic) bond motifs is 3. The molecule has 43 heavy (non-hydrogen) atoms. The van der Waals surface area contributed by atoms with Gasteiger partial charge in [-0.25, -0.2) is 9.97 Å². The number of rotatable bonds is 5. The maximum absolute atomic E-state index is 6.52. The Kier molecular flexibility index (Phi) is 6.12. The summed E-state index contributed by atoms with van der Waals surface area (Å²) in [6, 6.07) is 54.4. The highest BCUT2D eigenvalue weighted by Gasteiger charge is 2.17. The fourth-order valence-electron chi connectivity index (χ4n) is 5.72. The van der Waals surface area contributed by atoms with Crippen molar-refractivity contribution < 1.29 is 4.42 Å². The van der Waals surface area contributed by atoms with E-state index in [-0.39, 0.29) is 0 Å². The molecule has 0 bridgehead atoms. The van der Waals surface area contributed by atoms with Gasteiger partial charge in [0.2, 0.25) is 0 Å². The van der Waals surface area contributed by atoms with Crippen molar-refractivity contribution in [2.45, 2.75) is 0 Å². The van der Waals surface area contributed by atoms with Crippen molar-refractivity contribution in [2.75, 3.05) is 0 Å². The molecule has 0 aliphatic rings. The van der Waals surface area contributed by atoms with Crippen molar-refractivity contribution in [3.63, 3.8) is 0 Å². The standard InChI is InChI=1S/C40H26N2O/c1-4-11-27(12-5-1)28-19-21-29(22-20-28)32-23-24-38-35(25-32)33-17-10-18-34(39(33)43-38)40-41-36(30-13-6-2-7-14-30)26-37(42-40)31-15-8-3-9-16-31/h1-26H. The van der Waals surface area contributed by atoms with Gasteiger partial charge in [0.1, 0.15) is 11.2 Å². The predicted molar refractivity (Wildman–Crippen MR) is 176 cm³/mol. The summed E-state index contributed by atoms with van der Waals surface area (Å²) in [6.45, 7) is 0. The second-order valence-electron chi connectivity index (χ2n) is 10.6. The highest BCUT2D eigenvalue weighted by atomic mass is 16.3. The zero-order valence-corrected chi connectivity index (χ0v) is 23.3. The van der Waals surface area contributed by atoms with Crippen LogP contribution in [0.25, 0.3) is 78.1 Å². The van der Waals surface area contributed by atoms with Gasteiger partial charge in [-0.3, -0.25) is 0 Å². The van der Waals surface area contributed by atoms with Gasteiger partial charge >= 0.3 is 0 Å². The summed E-state index contributed by atoms with van der Waals surface area (Å²) in [4.78, 5) is 10.1. The van der Waals surface area contributed by atoms with Crippen molar-refractivity contribution in [3.8, 4) is 56.2 Å². The van der Waals surface area contributed by atoms with E-state index in [0.717, 1.165) is 55.6 Å². The fourth-order valence-corrected chi connectivity index (χ4v) is 5.72. The first-order chi connectivity index (χ1) is 21.3. The summed E-state index contributed by atoms with van der Waals surface area (Å²) in [5.74, 6) is 0.640. The lowest BCUT2D eigenvalue weighted by atomic mass is 9.99. The Morgan fingerprint density at radius 2 is 0.884 bits per heavy atom. The third-order valence-corrected chi connectivity index (χ3v) is 7.93. The lowest BCUT2D eigenvalue weighted by molar-refractivity contribution is 0.669. The molecule has 6 aromatic carbocycles. The minimum Gasteiger partial charge on any atom is -0.455 e. The van der Waals surface area contributed by atoms with Crippen LogP contribution in [0.4, 0.5) is 0 Å². The summed E-state index contributed by atoms with van der Waals surface area (Å²) in [5.41, 5.74) is 11.1. The van der Waals surface area contributed by atoms with E-state index < -0.39 is 0 Å². The van der Waals surface area contributed by atoms with Crippen molar-refractivity contribution in [1.82, 2.24) is 9.97 Å². The van der Waals surface area contributed by atoms with Crippen LogP contribution in [-0.2, 0) is 0 Å². The average molecular weight is 551 g/mol. The van der Waals surface area contributed by atoms with Gasteiger partial charge in [-0.2, -0.15) is 0 Å². The molecule has 0 unspecified atom stereocenters. The SMILES string of the molecule is c1ccc(-c2ccc(-c3ccc4oc5c(-c6nc(-c7ccccc7)cc(-c7ccccc7)n6)cccc5c4c3)cc2)cc1. The van der Waals surface area contributed by atoms with Gasteiger partial charge in [-0.1, -0.05) is 133 Å². The van der Waals surface area contributed by atoms with E-state index in [9.17, 15) is 0 Å². The van der Waals surface area contributed by atoms with Crippen molar-refractivity contribution in [1.29, 1.82) is 0 Å². The van der Waals surface area contributed by atoms with Gasteiger partial charge in [-0.15, -0.1) is 0 Å². The second kappa shape index (κ2) is 10.6. The highest BCUT2D eigenvalue weighted by Crippen LogP contribution is 2.38. The smallest absolute Gasteiger partial charge is 0.164 e. The third-order valence-electron chi connectivity index (χ3n) is 7.93. The Morgan fingerprint density at radius 1 is 0.372 bits per heavy atom. The molecule has 0 spiro atoms. The van der Waals surface area contributed by atoms with Crippen LogP contribution >= 0.6 is 0 Å². The molecule has 0 saturated heterocycles. The van der Waals surface area contributed by atoms with Crippen molar-refractivity contribution >= 4 is 21.9 Å². The van der Waals surface area contributed by atoms with Crippen LogP contribution in [0.15, 0.2) is 162 Å². The zero-order chi connectivity index (χ0) is 28.6. The first kappa shape index (κ1) is 25.0. The quantitative estimate of drug-likeness (QED) is 0.214. The van der Waals surface area contributed by atoms with Gasteiger partial charge in [0.25, 0.3) is 0 Å². The van der Waals surface area contributed by atoms with E-state index in [1.807, 2.05) is 48.5 Å². The van der Waals surface area contributed by atoms with E-state index in [4.69, 9.17) is 14.4 Å². The number of furan rings is 1. The molecule has 8 aromatic rings. The highest BCUT2D eigenvalue weighted by molar-refractivity contribution is 6.10. The molecule has 0 N–H and O–H groups in total. The Labute approximate surface area is 249 Å². The molecule has 0 radical (unpaired) electrons. The molecule has 3 nitrogen and oxygen atoms in total. The summed E-state index contributed by atoms with van der Waals surface area (Å²) in [7, 11) is 0. The number of para-hydroxylation sites is 1. The molecule has 3 heteroatoms. The van der Waals surface area contributed by atoms with Crippen molar-refractivity contribution in [3.05, 3.63) is 158 Å². The van der Waals surface area contributed by atoms with Crippen LogP contribution in [0.2, 0.25) is 0 Å². The Morgan fingerprint density at radius 3 is 1.49 bits per heavy atom. The maximum atomic E-state index is 6.52. The van der Waals surface area contributed by atoms with E-state index in [1.165, 1.54) is 16.7 Å². The molecule has 202 valence electrons. The minimum absolute atomic E-state index is 0.640. The molecule has 0 aliphatic heterocycles. The van der Waals surface area contributed by atoms with E-state index in [2.05, 4.69) is 109 Å².